The minimum absolute atomic E-state index is 0.280. The number of nitrogens with one attached hydrogen (secondary N) is 1. The molecular formula is C5H11NO3S. The first-order valence-corrected chi connectivity index (χ1v) is 4.50. The van der Waals surface area contributed by atoms with E-state index in [9.17, 15) is 8.42 Å². The number of hydrogen-bond donors (Lipinski definition) is 1. The SMILES string of the molecule is CC1(C)CCOS(=O)(=O)N1. The fourth-order valence-corrected chi connectivity index (χ4v) is 1.97. The largest absolute Gasteiger partial charge is 0.336 e. The van der Waals surface area contributed by atoms with Crippen LogP contribution in [0.15, 0.2) is 0 Å². The second-order valence-corrected chi connectivity index (χ2v) is 4.36. The predicted octanol–water partition coefficient (Wildman–Crippen LogP) is 0.0197. The molecule has 0 saturated carbocycles. The van der Waals surface area contributed by atoms with Crippen LogP contribution in [0.4, 0.5) is 0 Å². The molecule has 0 amide bonds. The van der Waals surface area contributed by atoms with Crippen LogP contribution in [0.3, 0.4) is 0 Å². The van der Waals surface area contributed by atoms with Gasteiger partial charge < -0.3 is 0 Å². The summed E-state index contributed by atoms with van der Waals surface area (Å²) in [7, 11) is -3.44. The van der Waals surface area contributed by atoms with Gasteiger partial charge in [-0.25, -0.2) is 0 Å². The summed E-state index contributed by atoms with van der Waals surface area (Å²) in [4.78, 5) is 0. The lowest BCUT2D eigenvalue weighted by Gasteiger charge is -2.29. The molecule has 0 atom stereocenters. The van der Waals surface area contributed by atoms with E-state index in [0.717, 1.165) is 0 Å². The van der Waals surface area contributed by atoms with Gasteiger partial charge in [-0.3, -0.25) is 4.18 Å². The molecule has 1 heterocycles. The van der Waals surface area contributed by atoms with E-state index in [1.165, 1.54) is 0 Å². The zero-order chi connectivity index (χ0) is 7.83. The first-order chi connectivity index (χ1) is 4.41. The first kappa shape index (κ1) is 7.97. The van der Waals surface area contributed by atoms with Gasteiger partial charge in [-0.05, 0) is 20.3 Å². The van der Waals surface area contributed by atoms with Gasteiger partial charge >= 0.3 is 10.3 Å². The monoisotopic (exact) mass is 165 g/mol. The first-order valence-electron chi connectivity index (χ1n) is 3.10. The highest BCUT2D eigenvalue weighted by molar-refractivity contribution is 7.84. The number of rotatable bonds is 0. The zero-order valence-corrected chi connectivity index (χ0v) is 6.86. The van der Waals surface area contributed by atoms with Crippen molar-refractivity contribution in [3.63, 3.8) is 0 Å². The van der Waals surface area contributed by atoms with E-state index >= 15 is 0 Å². The molecule has 0 aromatic rings. The van der Waals surface area contributed by atoms with E-state index in [-0.39, 0.29) is 12.1 Å². The quantitative estimate of drug-likeness (QED) is 0.550. The van der Waals surface area contributed by atoms with Crippen LogP contribution < -0.4 is 4.72 Å². The van der Waals surface area contributed by atoms with Gasteiger partial charge in [0.1, 0.15) is 0 Å². The minimum Gasteiger partial charge on any atom is -0.258 e. The summed E-state index contributed by atoms with van der Waals surface area (Å²) in [6.45, 7) is 3.93. The molecule has 1 fully saturated rings. The highest BCUT2D eigenvalue weighted by Gasteiger charge is 2.30. The fraction of sp³-hybridized carbons (Fsp3) is 1.00. The molecular weight excluding hydrogens is 154 g/mol. The van der Waals surface area contributed by atoms with E-state index in [1.807, 2.05) is 13.8 Å². The van der Waals surface area contributed by atoms with E-state index in [1.54, 1.807) is 0 Å². The van der Waals surface area contributed by atoms with E-state index in [0.29, 0.717) is 6.42 Å². The Balaban J connectivity index is 2.75. The fourth-order valence-electron chi connectivity index (χ4n) is 0.825. The Morgan fingerprint density at radius 1 is 1.50 bits per heavy atom. The van der Waals surface area contributed by atoms with Crippen molar-refractivity contribution in [1.82, 2.24) is 4.72 Å². The van der Waals surface area contributed by atoms with Crippen molar-refractivity contribution in [2.24, 2.45) is 0 Å². The predicted molar refractivity (Wildman–Crippen MR) is 36.7 cm³/mol. The van der Waals surface area contributed by atoms with Crippen molar-refractivity contribution in [3.8, 4) is 0 Å². The molecule has 0 spiro atoms. The van der Waals surface area contributed by atoms with Crippen LogP contribution in [0.2, 0.25) is 0 Å². The Morgan fingerprint density at radius 2 is 2.10 bits per heavy atom. The van der Waals surface area contributed by atoms with Crippen LogP contribution in [0, 0.1) is 0 Å². The minimum atomic E-state index is -3.44. The molecule has 4 nitrogen and oxygen atoms in total. The second-order valence-electron chi connectivity index (χ2n) is 3.01. The standard InChI is InChI=1S/C5H11NO3S/c1-5(2)3-4-9-10(7,8)6-5/h6H,3-4H2,1-2H3. The summed E-state index contributed by atoms with van der Waals surface area (Å²) in [6.07, 6.45) is 0.715. The van der Waals surface area contributed by atoms with Crippen molar-refractivity contribution in [2.45, 2.75) is 25.8 Å². The van der Waals surface area contributed by atoms with Crippen molar-refractivity contribution in [1.29, 1.82) is 0 Å². The Bertz CT molecular complexity index is 219. The van der Waals surface area contributed by atoms with Crippen LogP contribution >= 0.6 is 0 Å². The zero-order valence-electron chi connectivity index (χ0n) is 6.05. The molecule has 0 radical (unpaired) electrons. The van der Waals surface area contributed by atoms with Gasteiger partial charge in [0.15, 0.2) is 0 Å². The summed E-state index contributed by atoms with van der Waals surface area (Å²) < 4.78 is 28.3. The van der Waals surface area contributed by atoms with Crippen molar-refractivity contribution in [3.05, 3.63) is 0 Å². The molecule has 1 rings (SSSR count). The van der Waals surface area contributed by atoms with Crippen LogP contribution in [0.1, 0.15) is 20.3 Å². The van der Waals surface area contributed by atoms with Gasteiger partial charge in [-0.1, -0.05) is 0 Å². The van der Waals surface area contributed by atoms with Gasteiger partial charge in [-0.2, -0.15) is 13.1 Å². The third kappa shape index (κ3) is 1.93. The van der Waals surface area contributed by atoms with Crippen LogP contribution in [0.25, 0.3) is 0 Å². The molecule has 0 aromatic carbocycles. The smallest absolute Gasteiger partial charge is 0.258 e. The molecule has 0 aromatic heterocycles. The summed E-state index contributed by atoms with van der Waals surface area (Å²) in [5.74, 6) is 0. The van der Waals surface area contributed by atoms with Gasteiger partial charge in [0.2, 0.25) is 0 Å². The van der Waals surface area contributed by atoms with E-state index < -0.39 is 10.3 Å². The summed E-state index contributed by atoms with van der Waals surface area (Å²) >= 11 is 0. The van der Waals surface area contributed by atoms with Crippen molar-refractivity contribution < 1.29 is 12.6 Å². The average Bonchev–Trinajstić information content (AvgIpc) is 1.56. The molecule has 60 valence electrons. The van der Waals surface area contributed by atoms with Crippen LogP contribution in [0.5, 0.6) is 0 Å². The molecule has 1 aliphatic rings. The lowest BCUT2D eigenvalue weighted by molar-refractivity contribution is 0.221. The average molecular weight is 165 g/mol. The molecule has 10 heavy (non-hydrogen) atoms. The third-order valence-corrected chi connectivity index (χ3v) is 2.65. The van der Waals surface area contributed by atoms with Crippen molar-refractivity contribution in [2.75, 3.05) is 6.61 Å². The van der Waals surface area contributed by atoms with Crippen LogP contribution in [-0.2, 0) is 14.5 Å². The van der Waals surface area contributed by atoms with Crippen LogP contribution in [-0.4, -0.2) is 20.6 Å². The van der Waals surface area contributed by atoms with Gasteiger partial charge in [0.05, 0.1) is 6.61 Å². The molecule has 0 aliphatic carbocycles. The Morgan fingerprint density at radius 3 is 2.40 bits per heavy atom. The van der Waals surface area contributed by atoms with E-state index in [4.69, 9.17) is 0 Å². The Labute approximate surface area is 60.8 Å². The summed E-state index contributed by atoms with van der Waals surface area (Å²) in [5.41, 5.74) is -0.350. The maximum absolute atomic E-state index is 10.7. The highest BCUT2D eigenvalue weighted by Crippen LogP contribution is 2.15. The second kappa shape index (κ2) is 2.18. The third-order valence-electron chi connectivity index (χ3n) is 1.37. The molecule has 1 N–H and O–H groups in total. The highest BCUT2D eigenvalue weighted by atomic mass is 32.2. The molecule has 0 unspecified atom stereocenters. The number of hydrogen-bond acceptors (Lipinski definition) is 3. The normalized spacial score (nSPS) is 29.8. The molecule has 1 aliphatic heterocycles. The summed E-state index contributed by atoms with van der Waals surface area (Å²) in [6, 6.07) is 0. The lowest BCUT2D eigenvalue weighted by atomic mass is 10.0. The van der Waals surface area contributed by atoms with Gasteiger partial charge in [0, 0.05) is 5.54 Å². The van der Waals surface area contributed by atoms with E-state index in [2.05, 4.69) is 8.91 Å². The lowest BCUT2D eigenvalue weighted by Crippen LogP contribution is -2.48. The topological polar surface area (TPSA) is 55.4 Å². The maximum Gasteiger partial charge on any atom is 0.336 e. The Kier molecular flexibility index (Phi) is 1.74. The van der Waals surface area contributed by atoms with Crippen molar-refractivity contribution >= 4 is 10.3 Å². The van der Waals surface area contributed by atoms with Gasteiger partial charge in [0.25, 0.3) is 0 Å². The Hall–Kier alpha value is -0.130. The molecule has 5 heteroatoms. The summed E-state index contributed by atoms with van der Waals surface area (Å²) in [5, 5.41) is 0. The molecule has 1 saturated heterocycles. The molecule has 0 bridgehead atoms. The maximum atomic E-state index is 10.7. The van der Waals surface area contributed by atoms with Gasteiger partial charge in [-0.15, -0.1) is 0 Å².